The molecule has 2 aromatic carbocycles. The van der Waals surface area contributed by atoms with E-state index in [1.54, 1.807) is 14.0 Å². The third-order valence-electron chi connectivity index (χ3n) is 4.71. The summed E-state index contributed by atoms with van der Waals surface area (Å²) in [6, 6.07) is 11.6. The van der Waals surface area contributed by atoms with Crippen LogP contribution in [-0.4, -0.2) is 35.2 Å². The summed E-state index contributed by atoms with van der Waals surface area (Å²) in [6.45, 7) is 3.63. The molecule has 1 heterocycles. The predicted octanol–water partition coefficient (Wildman–Crippen LogP) is 2.95. The molecule has 1 saturated heterocycles. The molecule has 140 valence electrons. The lowest BCUT2D eigenvalue weighted by Gasteiger charge is -2.19. The molecule has 1 fully saturated rings. The Bertz CT molecular complexity index is 869. The monoisotopic (exact) mass is 378 g/mol. The van der Waals surface area contributed by atoms with Gasteiger partial charge in [-0.15, -0.1) is 0 Å². The molecular formula is C19H23FN2O3S. The van der Waals surface area contributed by atoms with E-state index in [-0.39, 0.29) is 10.8 Å². The van der Waals surface area contributed by atoms with Gasteiger partial charge in [0.05, 0.1) is 12.0 Å². The Kier molecular flexibility index (Phi) is 5.48. The Hall–Kier alpha value is -2.12. The van der Waals surface area contributed by atoms with Crippen molar-refractivity contribution in [2.75, 3.05) is 31.6 Å². The maximum absolute atomic E-state index is 13.2. The topological polar surface area (TPSA) is 58.6 Å². The molecule has 0 bridgehead atoms. The number of sulfonamides is 1. The number of benzene rings is 2. The van der Waals surface area contributed by atoms with Crippen LogP contribution in [0.4, 0.5) is 10.1 Å². The number of ether oxygens (including phenoxy) is 1. The number of hydrogen-bond acceptors (Lipinski definition) is 4. The molecule has 1 N–H and O–H groups in total. The zero-order valence-electron chi connectivity index (χ0n) is 14.9. The third kappa shape index (κ3) is 4.16. The van der Waals surface area contributed by atoms with Crippen LogP contribution in [0.5, 0.6) is 5.75 Å². The first-order chi connectivity index (χ1) is 12.4. The van der Waals surface area contributed by atoms with Crippen molar-refractivity contribution in [1.29, 1.82) is 0 Å². The van der Waals surface area contributed by atoms with E-state index in [0.29, 0.717) is 12.1 Å². The highest BCUT2D eigenvalue weighted by molar-refractivity contribution is 7.89. The summed E-state index contributed by atoms with van der Waals surface area (Å²) in [5.74, 6) is 0.604. The fraction of sp³-hybridized carbons (Fsp3) is 0.368. The zero-order chi connectivity index (χ0) is 18.7. The van der Waals surface area contributed by atoms with Crippen LogP contribution in [0, 0.1) is 18.7 Å². The first kappa shape index (κ1) is 18.7. The lowest BCUT2D eigenvalue weighted by molar-refractivity contribution is 0.415. The third-order valence-corrected chi connectivity index (χ3v) is 6.30. The van der Waals surface area contributed by atoms with E-state index in [1.165, 1.54) is 18.2 Å². The minimum Gasteiger partial charge on any atom is -0.497 e. The van der Waals surface area contributed by atoms with Gasteiger partial charge in [0.2, 0.25) is 10.0 Å². The average Bonchev–Trinajstić information content (AvgIpc) is 3.09. The zero-order valence-corrected chi connectivity index (χ0v) is 15.7. The lowest BCUT2D eigenvalue weighted by atomic mass is 10.1. The van der Waals surface area contributed by atoms with Crippen LogP contribution in [0.25, 0.3) is 0 Å². The molecule has 7 heteroatoms. The molecule has 1 unspecified atom stereocenters. The lowest BCUT2D eigenvalue weighted by Crippen LogP contribution is -2.31. The standard InChI is InChI=1S/C19H23FN2O3S/c1-14-11-16(20)3-8-19(14)26(23,24)21-12-15-9-10-22(13-15)17-4-6-18(25-2)7-5-17/h3-8,11,15,21H,9-10,12-13H2,1-2H3. The van der Waals surface area contributed by atoms with E-state index in [0.717, 1.165) is 30.9 Å². The van der Waals surface area contributed by atoms with Crippen LogP contribution in [0.3, 0.4) is 0 Å². The van der Waals surface area contributed by atoms with E-state index >= 15 is 0 Å². The van der Waals surface area contributed by atoms with Gasteiger partial charge in [0.25, 0.3) is 0 Å². The smallest absolute Gasteiger partial charge is 0.240 e. The molecule has 0 spiro atoms. The highest BCUT2D eigenvalue weighted by Gasteiger charge is 2.25. The van der Waals surface area contributed by atoms with Crippen molar-refractivity contribution in [3.8, 4) is 5.75 Å². The van der Waals surface area contributed by atoms with Gasteiger partial charge >= 0.3 is 0 Å². The normalized spacial score (nSPS) is 17.5. The second kappa shape index (κ2) is 7.63. The highest BCUT2D eigenvalue weighted by atomic mass is 32.2. The SMILES string of the molecule is COc1ccc(N2CCC(CNS(=O)(=O)c3ccc(F)cc3C)C2)cc1. The Morgan fingerprint density at radius 1 is 1.23 bits per heavy atom. The van der Waals surface area contributed by atoms with Crippen molar-refractivity contribution in [3.63, 3.8) is 0 Å². The summed E-state index contributed by atoms with van der Waals surface area (Å²) < 4.78 is 46.0. The summed E-state index contributed by atoms with van der Waals surface area (Å²) >= 11 is 0. The first-order valence-electron chi connectivity index (χ1n) is 8.54. The van der Waals surface area contributed by atoms with Gasteiger partial charge in [-0.3, -0.25) is 0 Å². The van der Waals surface area contributed by atoms with E-state index in [2.05, 4.69) is 9.62 Å². The number of anilines is 1. The molecule has 0 radical (unpaired) electrons. The molecule has 1 atom stereocenters. The number of rotatable bonds is 6. The summed E-state index contributed by atoms with van der Waals surface area (Å²) in [4.78, 5) is 2.37. The van der Waals surface area contributed by atoms with Gasteiger partial charge in [-0.1, -0.05) is 0 Å². The second-order valence-corrected chi connectivity index (χ2v) is 8.30. The first-order valence-corrected chi connectivity index (χ1v) is 10.0. The van der Waals surface area contributed by atoms with Gasteiger partial charge in [0.1, 0.15) is 11.6 Å². The van der Waals surface area contributed by atoms with Gasteiger partial charge in [-0.05, 0) is 67.3 Å². The van der Waals surface area contributed by atoms with E-state index in [1.807, 2.05) is 24.3 Å². The number of nitrogens with one attached hydrogen (secondary N) is 1. The van der Waals surface area contributed by atoms with Crippen LogP contribution in [0.15, 0.2) is 47.4 Å². The van der Waals surface area contributed by atoms with Crippen LogP contribution >= 0.6 is 0 Å². The summed E-state index contributed by atoms with van der Waals surface area (Å²) in [5.41, 5.74) is 1.51. The number of aryl methyl sites for hydroxylation is 1. The van der Waals surface area contributed by atoms with Gasteiger partial charge < -0.3 is 9.64 Å². The van der Waals surface area contributed by atoms with Crippen molar-refractivity contribution in [2.24, 2.45) is 5.92 Å². The average molecular weight is 378 g/mol. The van der Waals surface area contributed by atoms with E-state index in [9.17, 15) is 12.8 Å². The molecule has 0 aromatic heterocycles. The molecule has 26 heavy (non-hydrogen) atoms. The van der Waals surface area contributed by atoms with Crippen LogP contribution in [0.1, 0.15) is 12.0 Å². The van der Waals surface area contributed by atoms with Crippen molar-refractivity contribution < 1.29 is 17.5 Å². The van der Waals surface area contributed by atoms with Crippen molar-refractivity contribution in [1.82, 2.24) is 4.72 Å². The number of hydrogen-bond donors (Lipinski definition) is 1. The molecule has 3 rings (SSSR count). The molecular weight excluding hydrogens is 355 g/mol. The van der Waals surface area contributed by atoms with Crippen molar-refractivity contribution in [3.05, 3.63) is 53.8 Å². The summed E-state index contributed by atoms with van der Waals surface area (Å²) in [7, 11) is -2.00. The molecule has 2 aromatic rings. The molecule has 0 amide bonds. The van der Waals surface area contributed by atoms with Crippen LogP contribution in [0.2, 0.25) is 0 Å². The van der Waals surface area contributed by atoms with Gasteiger partial charge in [-0.2, -0.15) is 0 Å². The number of halogens is 1. The largest absolute Gasteiger partial charge is 0.497 e. The Balaban J connectivity index is 1.60. The van der Waals surface area contributed by atoms with Crippen LogP contribution < -0.4 is 14.4 Å². The molecule has 0 saturated carbocycles. The van der Waals surface area contributed by atoms with Gasteiger partial charge in [-0.25, -0.2) is 17.5 Å². The van der Waals surface area contributed by atoms with E-state index in [4.69, 9.17) is 4.74 Å². The number of methoxy groups -OCH3 is 1. The Morgan fingerprint density at radius 2 is 1.96 bits per heavy atom. The molecule has 1 aliphatic rings. The fourth-order valence-electron chi connectivity index (χ4n) is 3.25. The quantitative estimate of drug-likeness (QED) is 0.840. The maximum Gasteiger partial charge on any atom is 0.240 e. The highest BCUT2D eigenvalue weighted by Crippen LogP contribution is 2.26. The van der Waals surface area contributed by atoms with Gasteiger partial charge in [0.15, 0.2) is 0 Å². The predicted molar refractivity (Wildman–Crippen MR) is 99.6 cm³/mol. The van der Waals surface area contributed by atoms with Crippen molar-refractivity contribution >= 4 is 15.7 Å². The fourth-order valence-corrected chi connectivity index (χ4v) is 4.59. The summed E-state index contributed by atoms with van der Waals surface area (Å²) in [6.07, 6.45) is 0.914. The summed E-state index contributed by atoms with van der Waals surface area (Å²) in [5, 5.41) is 0. The van der Waals surface area contributed by atoms with E-state index < -0.39 is 15.8 Å². The molecule has 0 aliphatic carbocycles. The minimum absolute atomic E-state index is 0.129. The van der Waals surface area contributed by atoms with Crippen molar-refractivity contribution in [2.45, 2.75) is 18.2 Å². The molecule has 1 aliphatic heterocycles. The Morgan fingerprint density at radius 3 is 2.62 bits per heavy atom. The van der Waals surface area contributed by atoms with Crippen LogP contribution in [-0.2, 0) is 10.0 Å². The second-order valence-electron chi connectivity index (χ2n) is 6.56. The maximum atomic E-state index is 13.2. The molecule has 5 nitrogen and oxygen atoms in total. The minimum atomic E-state index is -3.64. The van der Waals surface area contributed by atoms with Gasteiger partial charge in [0, 0.05) is 25.3 Å². The number of nitrogens with zero attached hydrogens (tertiary/aromatic N) is 1. The Labute approximate surface area is 153 Å².